The van der Waals surface area contributed by atoms with Crippen LogP contribution < -0.4 is 5.56 Å². The van der Waals surface area contributed by atoms with E-state index in [0.717, 1.165) is 30.5 Å². The maximum Gasteiger partial charge on any atom is 0.261 e. The predicted molar refractivity (Wildman–Crippen MR) is 130 cm³/mol. The fourth-order valence-corrected chi connectivity index (χ4v) is 5.04. The minimum atomic E-state index is -0.864. The number of fused-ring (bicyclic) bond motifs is 1. The van der Waals surface area contributed by atoms with Crippen molar-refractivity contribution in [2.45, 2.75) is 57.6 Å². The van der Waals surface area contributed by atoms with Crippen molar-refractivity contribution in [3.05, 3.63) is 80.2 Å². The van der Waals surface area contributed by atoms with Gasteiger partial charge in [-0.05, 0) is 51.7 Å². The lowest BCUT2D eigenvalue weighted by molar-refractivity contribution is 0.00454. The Kier molecular flexibility index (Phi) is 5.64. The summed E-state index contributed by atoms with van der Waals surface area (Å²) >= 11 is 5.86. The average Bonchev–Trinajstić information content (AvgIpc) is 3.58. The Morgan fingerprint density at radius 3 is 2.56 bits per heavy atom. The van der Waals surface area contributed by atoms with Gasteiger partial charge >= 0.3 is 0 Å². The molecule has 1 aliphatic heterocycles. The van der Waals surface area contributed by atoms with Crippen LogP contribution in [0.5, 0.6) is 0 Å². The molecule has 0 spiro atoms. The average molecular weight is 512 g/mol. The zero-order chi connectivity index (χ0) is 25.1. The van der Waals surface area contributed by atoms with Gasteiger partial charge in [-0.3, -0.25) is 13.9 Å². The number of aromatic nitrogens is 5. The lowest BCUT2D eigenvalue weighted by Crippen LogP contribution is -2.24. The molecule has 2 aliphatic rings. The Morgan fingerprint density at radius 2 is 1.83 bits per heavy atom. The molecule has 6 rings (SSSR count). The van der Waals surface area contributed by atoms with Crippen LogP contribution in [0.1, 0.15) is 66.3 Å². The van der Waals surface area contributed by atoms with E-state index in [2.05, 4.69) is 10.1 Å². The third-order valence-electron chi connectivity index (χ3n) is 7.16. The van der Waals surface area contributed by atoms with E-state index in [1.54, 1.807) is 20.0 Å². The van der Waals surface area contributed by atoms with Crippen molar-refractivity contribution < 1.29 is 13.5 Å². The Balaban J connectivity index is 1.47. The van der Waals surface area contributed by atoms with E-state index in [9.17, 15) is 4.79 Å². The second-order valence-corrected chi connectivity index (χ2v) is 10.1. The van der Waals surface area contributed by atoms with Gasteiger partial charge in [0.1, 0.15) is 17.3 Å². The molecule has 1 aromatic carbocycles. The molecule has 2 atom stereocenters. The zero-order valence-electron chi connectivity index (χ0n) is 19.8. The molecule has 3 aromatic heterocycles. The summed E-state index contributed by atoms with van der Waals surface area (Å²) < 4.78 is 39.4. The van der Waals surface area contributed by atoms with E-state index in [4.69, 9.17) is 21.3 Å². The lowest BCUT2D eigenvalue weighted by atomic mass is 9.90. The van der Waals surface area contributed by atoms with Gasteiger partial charge < -0.3 is 4.74 Å². The third kappa shape index (κ3) is 4.00. The number of aryl methyl sites for hydroxylation is 1. The van der Waals surface area contributed by atoms with Gasteiger partial charge in [0.25, 0.3) is 5.56 Å². The largest absolute Gasteiger partial charge is 0.373 e. The van der Waals surface area contributed by atoms with Crippen molar-refractivity contribution in [1.82, 2.24) is 24.1 Å². The van der Waals surface area contributed by atoms with Crippen molar-refractivity contribution in [3.63, 3.8) is 0 Å². The van der Waals surface area contributed by atoms with Crippen LogP contribution in [0.3, 0.4) is 0 Å². The maximum absolute atomic E-state index is 15.0. The first-order valence-electron chi connectivity index (χ1n) is 12.0. The number of rotatable bonds is 4. The molecule has 4 heterocycles. The minimum Gasteiger partial charge on any atom is -0.373 e. The van der Waals surface area contributed by atoms with Crippen molar-refractivity contribution in [2.24, 2.45) is 0 Å². The first-order valence-corrected chi connectivity index (χ1v) is 12.4. The highest BCUT2D eigenvalue weighted by molar-refractivity contribution is 6.30. The van der Waals surface area contributed by atoms with Gasteiger partial charge in [0.2, 0.25) is 0 Å². The quantitative estimate of drug-likeness (QED) is 0.363. The number of halogens is 3. The summed E-state index contributed by atoms with van der Waals surface area (Å²) in [6.45, 7) is 3.86. The van der Waals surface area contributed by atoms with Crippen LogP contribution in [0.4, 0.5) is 8.78 Å². The summed E-state index contributed by atoms with van der Waals surface area (Å²) in [5, 5.41) is 4.41. The molecule has 4 aromatic rings. The van der Waals surface area contributed by atoms with Crippen molar-refractivity contribution in [3.8, 4) is 11.3 Å². The summed E-state index contributed by atoms with van der Waals surface area (Å²) in [5.41, 5.74) is 1.91. The number of ether oxygens (including phenoxy) is 1. The highest BCUT2D eigenvalue weighted by Gasteiger charge is 2.31. The van der Waals surface area contributed by atoms with Crippen LogP contribution >= 0.6 is 11.6 Å². The SMILES string of the molecule is Cc1nc2c(-c3c(F)cc(Cl)cc3F)nc([C@H]3CCO[C@@H](c4cnn(C5CC5)c4)C3)cn2c(=O)c1C. The summed E-state index contributed by atoms with van der Waals surface area (Å²) in [6.07, 6.45) is 8.86. The molecule has 0 radical (unpaired) electrons. The second-order valence-electron chi connectivity index (χ2n) is 9.65. The molecule has 1 saturated carbocycles. The molecule has 186 valence electrons. The summed E-state index contributed by atoms with van der Waals surface area (Å²) in [7, 11) is 0. The van der Waals surface area contributed by atoms with E-state index in [1.165, 1.54) is 4.40 Å². The van der Waals surface area contributed by atoms with E-state index < -0.39 is 11.6 Å². The highest BCUT2D eigenvalue weighted by Crippen LogP contribution is 2.40. The molecule has 2 fully saturated rings. The van der Waals surface area contributed by atoms with Crippen LogP contribution in [-0.2, 0) is 4.74 Å². The van der Waals surface area contributed by atoms with E-state index in [-0.39, 0.29) is 39.5 Å². The van der Waals surface area contributed by atoms with Gasteiger partial charge in [-0.1, -0.05) is 11.6 Å². The number of nitrogens with zero attached hydrogens (tertiary/aromatic N) is 5. The molecular formula is C26H24ClF2N5O2. The molecule has 0 amide bonds. The highest BCUT2D eigenvalue weighted by atomic mass is 35.5. The molecule has 1 saturated heterocycles. The maximum atomic E-state index is 15.0. The van der Waals surface area contributed by atoms with E-state index in [1.807, 2.05) is 17.1 Å². The van der Waals surface area contributed by atoms with E-state index >= 15 is 8.78 Å². The summed E-state index contributed by atoms with van der Waals surface area (Å²) in [6, 6.07) is 2.54. The van der Waals surface area contributed by atoms with Crippen LogP contribution in [0.2, 0.25) is 5.02 Å². The molecule has 1 aliphatic carbocycles. The first kappa shape index (κ1) is 23.2. The van der Waals surface area contributed by atoms with Crippen molar-refractivity contribution in [2.75, 3.05) is 6.61 Å². The number of hydrogen-bond acceptors (Lipinski definition) is 5. The van der Waals surface area contributed by atoms with Gasteiger partial charge in [0.15, 0.2) is 5.65 Å². The molecule has 0 unspecified atom stereocenters. The van der Waals surface area contributed by atoms with Crippen LogP contribution in [0.25, 0.3) is 16.9 Å². The summed E-state index contributed by atoms with van der Waals surface area (Å²) in [4.78, 5) is 22.4. The van der Waals surface area contributed by atoms with Gasteiger partial charge in [-0.15, -0.1) is 0 Å². The van der Waals surface area contributed by atoms with Crippen molar-refractivity contribution >= 4 is 17.2 Å². The lowest BCUT2D eigenvalue weighted by Gasteiger charge is -2.29. The molecular weight excluding hydrogens is 488 g/mol. The standard InChI is InChI=1S/C26H24ClF2N5O2/c1-13-14(2)31-25-24(23-19(28)8-17(27)9-20(23)29)32-21(12-33(25)26(13)35)15-5-6-36-22(7-15)16-10-30-34(11-16)18-3-4-18/h8-12,15,18,22H,3-7H2,1-2H3/t15-,22+/m0/s1. The van der Waals surface area contributed by atoms with Gasteiger partial charge in [0.05, 0.1) is 29.6 Å². The molecule has 10 heteroatoms. The zero-order valence-corrected chi connectivity index (χ0v) is 20.6. The summed E-state index contributed by atoms with van der Waals surface area (Å²) in [5.74, 6) is -1.82. The predicted octanol–water partition coefficient (Wildman–Crippen LogP) is 5.47. The minimum absolute atomic E-state index is 0.0241. The van der Waals surface area contributed by atoms with Crippen molar-refractivity contribution in [1.29, 1.82) is 0 Å². The number of benzene rings is 1. The Morgan fingerprint density at radius 1 is 1.08 bits per heavy atom. The molecule has 0 N–H and O–H groups in total. The van der Waals surface area contributed by atoms with Gasteiger partial charge in [0, 0.05) is 46.8 Å². The van der Waals surface area contributed by atoms with Crippen LogP contribution in [0.15, 0.2) is 35.5 Å². The van der Waals surface area contributed by atoms with E-state index in [0.29, 0.717) is 42.4 Å². The monoisotopic (exact) mass is 511 g/mol. The van der Waals surface area contributed by atoms with Gasteiger partial charge in [-0.25, -0.2) is 18.7 Å². The topological polar surface area (TPSA) is 74.3 Å². The first-order chi connectivity index (χ1) is 17.3. The number of hydrogen-bond donors (Lipinski definition) is 0. The Bertz CT molecular complexity index is 1540. The normalized spacial score (nSPS) is 20.2. The fourth-order valence-electron chi connectivity index (χ4n) is 4.84. The van der Waals surface area contributed by atoms with Crippen LogP contribution in [0, 0.1) is 25.5 Å². The van der Waals surface area contributed by atoms with Gasteiger partial charge in [-0.2, -0.15) is 5.10 Å². The molecule has 7 nitrogen and oxygen atoms in total. The third-order valence-corrected chi connectivity index (χ3v) is 7.38. The second kappa shape index (κ2) is 8.74. The smallest absolute Gasteiger partial charge is 0.261 e. The Labute approximate surface area is 210 Å². The van der Waals surface area contributed by atoms with Crippen LogP contribution in [-0.4, -0.2) is 30.8 Å². The fraction of sp³-hybridized carbons (Fsp3) is 0.385. The molecule has 36 heavy (non-hydrogen) atoms. The Hall–Kier alpha value is -3.17. The molecule has 0 bridgehead atoms.